The van der Waals surface area contributed by atoms with Crippen molar-refractivity contribution in [3.8, 4) is 17.2 Å². The molecule has 0 fully saturated rings. The Morgan fingerprint density at radius 2 is 1.88 bits per heavy atom. The van der Waals surface area contributed by atoms with E-state index in [1.54, 1.807) is 24.8 Å². The Morgan fingerprint density at radius 1 is 0.960 bits per heavy atom. The van der Waals surface area contributed by atoms with Crippen molar-refractivity contribution in [1.82, 2.24) is 19.9 Å². The van der Waals surface area contributed by atoms with Crippen LogP contribution in [-0.4, -0.2) is 19.9 Å². The van der Waals surface area contributed by atoms with Gasteiger partial charge in [-0.2, -0.15) is 5.26 Å². The van der Waals surface area contributed by atoms with Gasteiger partial charge in [0.15, 0.2) is 0 Å². The first kappa shape index (κ1) is 14.7. The number of anilines is 2. The van der Waals surface area contributed by atoms with Gasteiger partial charge in [0.05, 0.1) is 17.4 Å². The zero-order valence-corrected chi connectivity index (χ0v) is 13.1. The quantitative estimate of drug-likeness (QED) is 0.618. The van der Waals surface area contributed by atoms with E-state index in [1.165, 1.54) is 0 Å². The molecule has 6 nitrogen and oxygen atoms in total. The Balaban J connectivity index is 1.83. The summed E-state index contributed by atoms with van der Waals surface area (Å²) in [5.41, 5.74) is 3.45. The molecule has 0 amide bonds. The molecule has 6 heteroatoms. The molecule has 0 spiro atoms. The predicted molar refractivity (Wildman–Crippen MR) is 95.0 cm³/mol. The van der Waals surface area contributed by atoms with E-state index in [1.807, 2.05) is 48.5 Å². The smallest absolute Gasteiger partial charge is 0.234 e. The molecule has 25 heavy (non-hydrogen) atoms. The van der Waals surface area contributed by atoms with Crippen LogP contribution in [0.1, 0.15) is 5.82 Å². The lowest BCUT2D eigenvalue weighted by Crippen LogP contribution is -2.00. The van der Waals surface area contributed by atoms with Crippen LogP contribution in [0.15, 0.2) is 67.3 Å². The van der Waals surface area contributed by atoms with Gasteiger partial charge in [-0.25, -0.2) is 9.97 Å². The van der Waals surface area contributed by atoms with Crippen LogP contribution in [0.2, 0.25) is 0 Å². The number of pyridine rings is 2. The van der Waals surface area contributed by atoms with E-state index in [9.17, 15) is 0 Å². The van der Waals surface area contributed by atoms with Gasteiger partial charge in [0.25, 0.3) is 0 Å². The summed E-state index contributed by atoms with van der Waals surface area (Å²) in [6.45, 7) is 0. The predicted octanol–water partition coefficient (Wildman–Crippen LogP) is 3.70. The molecule has 0 atom stereocenters. The second-order valence-electron chi connectivity index (χ2n) is 5.35. The van der Waals surface area contributed by atoms with Gasteiger partial charge in [0, 0.05) is 29.5 Å². The van der Waals surface area contributed by atoms with E-state index >= 15 is 0 Å². The highest BCUT2D eigenvalue weighted by atomic mass is 15.0. The third kappa shape index (κ3) is 2.99. The number of nitrogens with one attached hydrogen (secondary N) is 1. The molecule has 118 valence electrons. The fraction of sp³-hybridized carbons (Fsp3) is 0. The van der Waals surface area contributed by atoms with Crippen molar-refractivity contribution < 1.29 is 0 Å². The molecule has 3 aromatic heterocycles. The van der Waals surface area contributed by atoms with Gasteiger partial charge >= 0.3 is 0 Å². The Kier molecular flexibility index (Phi) is 3.73. The average Bonchev–Trinajstić information content (AvgIpc) is 2.68. The molecular formula is C19H12N6. The average molecular weight is 324 g/mol. The molecular weight excluding hydrogens is 312 g/mol. The first-order valence-electron chi connectivity index (χ1n) is 7.63. The maximum absolute atomic E-state index is 9.11. The van der Waals surface area contributed by atoms with Gasteiger partial charge in [-0.3, -0.25) is 9.97 Å². The Bertz CT molecular complexity index is 1090. The van der Waals surface area contributed by atoms with E-state index in [4.69, 9.17) is 5.26 Å². The lowest BCUT2D eigenvalue weighted by molar-refractivity contribution is 1.12. The largest absolute Gasteiger partial charge is 0.338 e. The van der Waals surface area contributed by atoms with Gasteiger partial charge in [-0.1, -0.05) is 12.1 Å². The highest BCUT2D eigenvalue weighted by molar-refractivity contribution is 5.87. The highest BCUT2D eigenvalue weighted by Crippen LogP contribution is 2.30. The number of hydrogen-bond donors (Lipinski definition) is 1. The summed E-state index contributed by atoms with van der Waals surface area (Å²) in [5.74, 6) is 0.667. The maximum Gasteiger partial charge on any atom is 0.234 e. The summed E-state index contributed by atoms with van der Waals surface area (Å²) in [6.07, 6.45) is 6.81. The van der Waals surface area contributed by atoms with Crippen LogP contribution in [-0.2, 0) is 0 Å². The number of benzene rings is 1. The number of hydrogen-bond acceptors (Lipinski definition) is 6. The second-order valence-corrected chi connectivity index (χ2v) is 5.35. The molecule has 0 unspecified atom stereocenters. The summed E-state index contributed by atoms with van der Waals surface area (Å²) >= 11 is 0. The lowest BCUT2D eigenvalue weighted by atomic mass is 10.0. The summed E-state index contributed by atoms with van der Waals surface area (Å²) in [7, 11) is 0. The molecule has 4 rings (SSSR count). The minimum absolute atomic E-state index is 0.109. The molecule has 0 saturated heterocycles. The third-order valence-electron chi connectivity index (χ3n) is 3.73. The fourth-order valence-corrected chi connectivity index (χ4v) is 2.56. The standard InChI is InChI=1S/C19H12N6/c20-10-18-23-12-16(19(25-18)24-15-4-2-7-21-11-15)13-5-6-17-14(9-13)3-1-8-22-17/h1-9,11-12H,(H,23,24,25). The molecule has 3 heterocycles. The number of fused-ring (bicyclic) bond motifs is 1. The molecule has 0 saturated carbocycles. The van der Waals surface area contributed by atoms with Crippen LogP contribution < -0.4 is 5.32 Å². The van der Waals surface area contributed by atoms with Crippen molar-refractivity contribution in [3.05, 3.63) is 73.1 Å². The van der Waals surface area contributed by atoms with Crippen LogP contribution in [0.25, 0.3) is 22.0 Å². The second kappa shape index (κ2) is 6.34. The monoisotopic (exact) mass is 324 g/mol. The van der Waals surface area contributed by atoms with Crippen molar-refractivity contribution in [2.45, 2.75) is 0 Å². The van der Waals surface area contributed by atoms with Crippen molar-refractivity contribution in [3.63, 3.8) is 0 Å². The van der Waals surface area contributed by atoms with Crippen LogP contribution in [0.4, 0.5) is 11.5 Å². The van der Waals surface area contributed by atoms with Gasteiger partial charge in [-0.05, 0) is 35.9 Å². The van der Waals surface area contributed by atoms with Gasteiger partial charge < -0.3 is 5.32 Å². The van der Waals surface area contributed by atoms with Crippen LogP contribution >= 0.6 is 0 Å². The molecule has 0 radical (unpaired) electrons. The number of aromatic nitrogens is 4. The van der Waals surface area contributed by atoms with Crippen LogP contribution in [0.3, 0.4) is 0 Å². The van der Waals surface area contributed by atoms with E-state index in [-0.39, 0.29) is 5.82 Å². The van der Waals surface area contributed by atoms with Gasteiger partial charge in [0.1, 0.15) is 11.9 Å². The molecule has 0 bridgehead atoms. The third-order valence-corrected chi connectivity index (χ3v) is 3.73. The fourth-order valence-electron chi connectivity index (χ4n) is 2.56. The maximum atomic E-state index is 9.11. The van der Waals surface area contributed by atoms with Gasteiger partial charge in [-0.15, -0.1) is 0 Å². The van der Waals surface area contributed by atoms with E-state index < -0.39 is 0 Å². The van der Waals surface area contributed by atoms with E-state index in [0.29, 0.717) is 5.82 Å². The zero-order valence-electron chi connectivity index (χ0n) is 13.1. The Labute approximate surface area is 143 Å². The Morgan fingerprint density at radius 3 is 2.72 bits per heavy atom. The van der Waals surface area contributed by atoms with E-state index in [0.717, 1.165) is 27.7 Å². The van der Waals surface area contributed by atoms with Crippen molar-refractivity contribution in [2.75, 3.05) is 5.32 Å². The first-order chi connectivity index (χ1) is 12.3. The normalized spacial score (nSPS) is 10.4. The molecule has 4 aromatic rings. The summed E-state index contributed by atoms with van der Waals surface area (Å²) < 4.78 is 0. The van der Waals surface area contributed by atoms with Crippen LogP contribution in [0.5, 0.6) is 0 Å². The van der Waals surface area contributed by atoms with Gasteiger partial charge in [0.2, 0.25) is 5.82 Å². The number of nitrogens with zero attached hydrogens (tertiary/aromatic N) is 5. The minimum Gasteiger partial charge on any atom is -0.338 e. The highest BCUT2D eigenvalue weighted by Gasteiger charge is 2.11. The summed E-state index contributed by atoms with van der Waals surface area (Å²) in [5, 5.41) is 13.3. The van der Waals surface area contributed by atoms with Crippen molar-refractivity contribution >= 4 is 22.4 Å². The summed E-state index contributed by atoms with van der Waals surface area (Å²) in [6, 6.07) is 15.5. The topological polar surface area (TPSA) is 87.4 Å². The van der Waals surface area contributed by atoms with Crippen molar-refractivity contribution in [1.29, 1.82) is 5.26 Å². The molecule has 1 aromatic carbocycles. The SMILES string of the molecule is N#Cc1ncc(-c2ccc3ncccc3c2)c(Nc2cccnc2)n1. The van der Waals surface area contributed by atoms with Crippen LogP contribution in [0, 0.1) is 11.3 Å². The summed E-state index contributed by atoms with van der Waals surface area (Å²) in [4.78, 5) is 16.9. The van der Waals surface area contributed by atoms with E-state index in [2.05, 4.69) is 25.3 Å². The zero-order chi connectivity index (χ0) is 17.1. The molecule has 0 aliphatic rings. The number of rotatable bonds is 3. The first-order valence-corrected chi connectivity index (χ1v) is 7.63. The molecule has 0 aliphatic heterocycles. The van der Waals surface area contributed by atoms with Crippen molar-refractivity contribution in [2.24, 2.45) is 0 Å². The Hall–Kier alpha value is -3.85. The minimum atomic E-state index is 0.109. The lowest BCUT2D eigenvalue weighted by Gasteiger charge is -2.11. The molecule has 1 N–H and O–H groups in total. The molecule has 0 aliphatic carbocycles. The number of nitriles is 1.